The van der Waals surface area contributed by atoms with E-state index in [2.05, 4.69) is 30.6 Å². The Hall–Kier alpha value is -0.480. The molecule has 1 heteroatoms. The molecule has 0 spiro atoms. The van der Waals surface area contributed by atoms with Gasteiger partial charge in [0, 0.05) is 13.0 Å². The molecule has 0 heterocycles. The second-order valence-electron chi connectivity index (χ2n) is 2.20. The molecule has 0 N–H and O–H groups in total. The smallest absolute Gasteiger partial charge is 0.0216 e. The summed E-state index contributed by atoms with van der Waals surface area (Å²) >= 11 is 0. The van der Waals surface area contributed by atoms with E-state index in [1.54, 1.807) is 0 Å². The topological polar surface area (TPSA) is 3.24 Å². The minimum absolute atomic E-state index is 1.01. The van der Waals surface area contributed by atoms with Gasteiger partial charge in [-0.05, 0) is 20.0 Å². The van der Waals surface area contributed by atoms with Crippen molar-refractivity contribution < 1.29 is 0 Å². The molecular formula is C11H23N. The van der Waals surface area contributed by atoms with Crippen LogP contribution in [0.2, 0.25) is 0 Å². The predicted octanol–water partition coefficient (Wildman–Crippen LogP) is 2.77. The summed E-state index contributed by atoms with van der Waals surface area (Å²) in [6.07, 6.45) is 1.01. The van der Waals surface area contributed by atoms with Crippen molar-refractivity contribution in [1.82, 2.24) is 4.90 Å². The van der Waals surface area contributed by atoms with Gasteiger partial charge in [0.25, 0.3) is 0 Å². The number of rotatable bonds is 4. The van der Waals surface area contributed by atoms with E-state index in [4.69, 9.17) is 0 Å². The molecule has 0 amide bonds. The summed E-state index contributed by atoms with van der Waals surface area (Å²) in [7, 11) is 0. The largest absolute Gasteiger partial charge is 0.303 e. The molecule has 0 saturated heterocycles. The summed E-state index contributed by atoms with van der Waals surface area (Å²) in [6.45, 7) is 13.7. The fourth-order valence-electron chi connectivity index (χ4n) is 0.879. The molecule has 0 aliphatic carbocycles. The average Bonchev–Trinajstić information content (AvgIpc) is 2.16. The molecule has 0 unspecified atom stereocenters. The van der Waals surface area contributed by atoms with Crippen molar-refractivity contribution >= 4 is 0 Å². The van der Waals surface area contributed by atoms with Gasteiger partial charge in [0.15, 0.2) is 0 Å². The Morgan fingerprint density at radius 3 is 1.92 bits per heavy atom. The van der Waals surface area contributed by atoms with E-state index in [-0.39, 0.29) is 0 Å². The van der Waals surface area contributed by atoms with Crippen molar-refractivity contribution in [2.75, 3.05) is 19.6 Å². The number of hydrogen-bond acceptors (Lipinski definition) is 1. The first-order chi connectivity index (χ1) is 5.85. The van der Waals surface area contributed by atoms with E-state index in [9.17, 15) is 0 Å². The highest BCUT2D eigenvalue weighted by Gasteiger charge is 1.94. The van der Waals surface area contributed by atoms with Crippen molar-refractivity contribution in [1.29, 1.82) is 0 Å². The number of nitrogens with zero attached hydrogens (tertiary/aromatic N) is 1. The summed E-state index contributed by atoms with van der Waals surface area (Å²) in [5, 5.41) is 0. The second kappa shape index (κ2) is 13.1. The maximum Gasteiger partial charge on any atom is 0.0216 e. The van der Waals surface area contributed by atoms with Crippen LogP contribution in [-0.2, 0) is 0 Å². The van der Waals surface area contributed by atoms with Gasteiger partial charge in [-0.25, -0.2) is 0 Å². The molecule has 0 aromatic heterocycles. The lowest BCUT2D eigenvalue weighted by molar-refractivity contribution is 0.312. The van der Waals surface area contributed by atoms with Crippen LogP contribution >= 0.6 is 0 Å². The van der Waals surface area contributed by atoms with Gasteiger partial charge in [0.2, 0.25) is 0 Å². The minimum Gasteiger partial charge on any atom is -0.303 e. The molecule has 72 valence electrons. The Morgan fingerprint density at radius 2 is 1.58 bits per heavy atom. The Balaban J connectivity index is 0. The second-order valence-corrected chi connectivity index (χ2v) is 2.20. The summed E-state index contributed by atoms with van der Waals surface area (Å²) in [5.74, 6) is 5.95. The highest BCUT2D eigenvalue weighted by Crippen LogP contribution is 1.88. The zero-order chi connectivity index (χ0) is 9.82. The summed E-state index contributed by atoms with van der Waals surface area (Å²) in [6, 6.07) is 0. The molecule has 1 nitrogen and oxygen atoms in total. The van der Waals surface area contributed by atoms with E-state index in [0.29, 0.717) is 0 Å². The molecule has 0 aliphatic rings. The van der Waals surface area contributed by atoms with Crippen LogP contribution in [0.4, 0.5) is 0 Å². The monoisotopic (exact) mass is 169 g/mol. The minimum atomic E-state index is 1.01. The Kier molecular flexibility index (Phi) is 15.4. The first kappa shape index (κ1) is 14.1. The molecule has 0 aromatic carbocycles. The van der Waals surface area contributed by atoms with Crippen LogP contribution in [0, 0.1) is 11.8 Å². The molecule has 0 fully saturated rings. The first-order valence-electron chi connectivity index (χ1n) is 4.97. The van der Waals surface area contributed by atoms with Crippen molar-refractivity contribution in [3.8, 4) is 11.8 Å². The van der Waals surface area contributed by atoms with E-state index >= 15 is 0 Å². The zero-order valence-corrected chi connectivity index (χ0v) is 9.28. The third kappa shape index (κ3) is 9.52. The fourth-order valence-corrected chi connectivity index (χ4v) is 0.879. The molecule has 0 rings (SSSR count). The van der Waals surface area contributed by atoms with Gasteiger partial charge in [0.05, 0.1) is 0 Å². The van der Waals surface area contributed by atoms with Gasteiger partial charge in [-0.1, -0.05) is 27.7 Å². The molecule has 0 aliphatic heterocycles. The average molecular weight is 169 g/mol. The molecule has 0 bridgehead atoms. The first-order valence-corrected chi connectivity index (χ1v) is 4.97. The molecule has 0 atom stereocenters. The van der Waals surface area contributed by atoms with Gasteiger partial charge in [0.1, 0.15) is 0 Å². The highest BCUT2D eigenvalue weighted by molar-refractivity contribution is 4.95. The van der Waals surface area contributed by atoms with Crippen LogP contribution in [0.25, 0.3) is 0 Å². The maximum absolute atomic E-state index is 3.06. The van der Waals surface area contributed by atoms with Gasteiger partial charge in [-0.3, -0.25) is 0 Å². The van der Waals surface area contributed by atoms with Crippen molar-refractivity contribution in [2.24, 2.45) is 0 Å². The normalized spacial score (nSPS) is 8.17. The summed E-state index contributed by atoms with van der Waals surface area (Å²) in [4.78, 5) is 2.38. The van der Waals surface area contributed by atoms with E-state index in [0.717, 1.165) is 26.1 Å². The SMILES string of the molecule is CC.CC#CCCN(CC)CC. The molecule has 0 saturated carbocycles. The molecule has 0 aromatic rings. The van der Waals surface area contributed by atoms with Gasteiger partial charge < -0.3 is 4.90 Å². The van der Waals surface area contributed by atoms with E-state index in [1.807, 2.05) is 20.8 Å². The molecule has 12 heavy (non-hydrogen) atoms. The summed E-state index contributed by atoms with van der Waals surface area (Å²) < 4.78 is 0. The van der Waals surface area contributed by atoms with E-state index in [1.165, 1.54) is 0 Å². The van der Waals surface area contributed by atoms with Gasteiger partial charge in [-0.2, -0.15) is 0 Å². The van der Waals surface area contributed by atoms with Crippen LogP contribution in [0.5, 0.6) is 0 Å². The maximum atomic E-state index is 3.06. The zero-order valence-electron chi connectivity index (χ0n) is 9.28. The Bertz CT molecular complexity index is 115. The van der Waals surface area contributed by atoms with E-state index < -0.39 is 0 Å². The highest BCUT2D eigenvalue weighted by atomic mass is 15.1. The third-order valence-corrected chi connectivity index (χ3v) is 1.62. The predicted molar refractivity (Wildman–Crippen MR) is 57.2 cm³/mol. The Labute approximate surface area is 78.2 Å². The van der Waals surface area contributed by atoms with Crippen molar-refractivity contribution in [3.63, 3.8) is 0 Å². The Morgan fingerprint density at radius 1 is 1.08 bits per heavy atom. The van der Waals surface area contributed by atoms with Crippen LogP contribution in [0.3, 0.4) is 0 Å². The number of hydrogen-bond donors (Lipinski definition) is 0. The van der Waals surface area contributed by atoms with Crippen LogP contribution in [0.15, 0.2) is 0 Å². The standard InChI is InChI=1S/C9H17N.C2H6/c1-4-7-8-9-10(5-2)6-3;1-2/h5-6,8-9H2,1-3H3;1-2H3. The van der Waals surface area contributed by atoms with Crippen molar-refractivity contribution in [3.05, 3.63) is 0 Å². The third-order valence-electron chi connectivity index (χ3n) is 1.62. The van der Waals surface area contributed by atoms with Gasteiger partial charge >= 0.3 is 0 Å². The summed E-state index contributed by atoms with van der Waals surface area (Å²) in [5.41, 5.74) is 0. The van der Waals surface area contributed by atoms with Crippen LogP contribution in [0.1, 0.15) is 41.0 Å². The van der Waals surface area contributed by atoms with Crippen LogP contribution in [-0.4, -0.2) is 24.5 Å². The van der Waals surface area contributed by atoms with Gasteiger partial charge in [-0.15, -0.1) is 11.8 Å². The molecule has 0 radical (unpaired) electrons. The lowest BCUT2D eigenvalue weighted by atomic mass is 10.4. The quantitative estimate of drug-likeness (QED) is 0.585. The lowest BCUT2D eigenvalue weighted by Crippen LogP contribution is -2.23. The van der Waals surface area contributed by atoms with Crippen LogP contribution < -0.4 is 0 Å². The van der Waals surface area contributed by atoms with Crippen molar-refractivity contribution in [2.45, 2.75) is 41.0 Å². The molecular weight excluding hydrogens is 146 g/mol. The fraction of sp³-hybridized carbons (Fsp3) is 0.818. The lowest BCUT2D eigenvalue weighted by Gasteiger charge is -2.15.